The van der Waals surface area contributed by atoms with Gasteiger partial charge in [-0.2, -0.15) is 0 Å². The Bertz CT molecular complexity index is 631. The van der Waals surface area contributed by atoms with Gasteiger partial charge in [-0.25, -0.2) is 0 Å². The third-order valence-corrected chi connectivity index (χ3v) is 4.85. The summed E-state index contributed by atoms with van der Waals surface area (Å²) in [5.74, 6) is 1.28. The van der Waals surface area contributed by atoms with Gasteiger partial charge in [0.25, 0.3) is 5.91 Å². The zero-order valence-electron chi connectivity index (χ0n) is 16.7. The molecule has 1 fully saturated rings. The molecule has 7 heteroatoms. The highest BCUT2D eigenvalue weighted by atomic mass is 35.5. The zero-order chi connectivity index (χ0) is 19.1. The lowest BCUT2D eigenvalue weighted by Crippen LogP contribution is -2.34. The fraction of sp³-hybridized carbons (Fsp3) is 0.600. The monoisotopic (exact) mass is 397 g/mol. The SMILES string of the molecule is CCOc1ccc(C(=O)N(C)C)cc1NC(=O)CC(C)C1CCCNC1.Cl. The molecule has 0 bridgehead atoms. The van der Waals surface area contributed by atoms with Crippen LogP contribution in [-0.4, -0.2) is 50.5 Å². The number of benzene rings is 1. The fourth-order valence-electron chi connectivity index (χ4n) is 3.33. The van der Waals surface area contributed by atoms with Crippen molar-refractivity contribution in [2.45, 2.75) is 33.1 Å². The van der Waals surface area contributed by atoms with E-state index in [9.17, 15) is 9.59 Å². The summed E-state index contributed by atoms with van der Waals surface area (Å²) in [6.45, 7) is 6.56. The maximum atomic E-state index is 12.6. The fourth-order valence-corrected chi connectivity index (χ4v) is 3.33. The van der Waals surface area contributed by atoms with Crippen LogP contribution in [0, 0.1) is 11.8 Å². The van der Waals surface area contributed by atoms with E-state index in [-0.39, 0.29) is 24.2 Å². The van der Waals surface area contributed by atoms with E-state index in [4.69, 9.17) is 4.74 Å². The van der Waals surface area contributed by atoms with Gasteiger partial charge in [-0.1, -0.05) is 6.92 Å². The molecule has 2 atom stereocenters. The van der Waals surface area contributed by atoms with Crippen LogP contribution in [0.4, 0.5) is 5.69 Å². The Labute approximate surface area is 168 Å². The van der Waals surface area contributed by atoms with E-state index in [1.165, 1.54) is 17.7 Å². The Hall–Kier alpha value is -1.79. The van der Waals surface area contributed by atoms with Crippen molar-refractivity contribution in [2.24, 2.45) is 11.8 Å². The van der Waals surface area contributed by atoms with Crippen LogP contribution in [0.2, 0.25) is 0 Å². The maximum absolute atomic E-state index is 12.6. The number of piperidine rings is 1. The van der Waals surface area contributed by atoms with E-state index < -0.39 is 0 Å². The molecule has 152 valence electrons. The van der Waals surface area contributed by atoms with Crippen LogP contribution in [0.5, 0.6) is 5.75 Å². The number of rotatable bonds is 7. The van der Waals surface area contributed by atoms with Crippen LogP contribution in [-0.2, 0) is 4.79 Å². The Balaban J connectivity index is 0.00000364. The van der Waals surface area contributed by atoms with Gasteiger partial charge in [0.15, 0.2) is 0 Å². The Morgan fingerprint density at radius 2 is 2.11 bits per heavy atom. The van der Waals surface area contributed by atoms with E-state index in [2.05, 4.69) is 17.6 Å². The average molecular weight is 398 g/mol. The summed E-state index contributed by atoms with van der Waals surface area (Å²) in [7, 11) is 3.41. The molecule has 2 amide bonds. The molecule has 1 aliphatic rings. The van der Waals surface area contributed by atoms with Gasteiger partial charge in [0, 0.05) is 26.1 Å². The predicted octanol–water partition coefficient (Wildman–Crippen LogP) is 3.17. The third-order valence-electron chi connectivity index (χ3n) is 4.85. The number of nitrogens with one attached hydrogen (secondary N) is 2. The van der Waals surface area contributed by atoms with Crippen molar-refractivity contribution in [2.75, 3.05) is 39.1 Å². The Kier molecular flexibility index (Phi) is 9.60. The first-order valence-electron chi connectivity index (χ1n) is 9.41. The molecule has 1 aromatic rings. The van der Waals surface area contributed by atoms with Gasteiger partial charge in [0.05, 0.1) is 12.3 Å². The second-order valence-corrected chi connectivity index (χ2v) is 7.18. The van der Waals surface area contributed by atoms with Gasteiger partial charge in [0.2, 0.25) is 5.91 Å². The van der Waals surface area contributed by atoms with Crippen molar-refractivity contribution in [1.82, 2.24) is 10.2 Å². The molecule has 27 heavy (non-hydrogen) atoms. The van der Waals surface area contributed by atoms with Crippen molar-refractivity contribution in [1.29, 1.82) is 0 Å². The first-order chi connectivity index (χ1) is 12.4. The molecule has 2 N–H and O–H groups in total. The van der Waals surface area contributed by atoms with Crippen LogP contribution >= 0.6 is 12.4 Å². The minimum atomic E-state index is -0.106. The van der Waals surface area contributed by atoms with E-state index in [0.717, 1.165) is 13.1 Å². The number of halogens is 1. The molecule has 6 nitrogen and oxygen atoms in total. The molecule has 0 aromatic heterocycles. The number of anilines is 1. The summed E-state index contributed by atoms with van der Waals surface area (Å²) in [6, 6.07) is 5.15. The van der Waals surface area contributed by atoms with Crippen LogP contribution in [0.25, 0.3) is 0 Å². The van der Waals surface area contributed by atoms with Gasteiger partial charge in [-0.3, -0.25) is 9.59 Å². The third kappa shape index (κ3) is 6.70. The largest absolute Gasteiger partial charge is 0.492 e. The molecular formula is C20H32ClN3O3. The van der Waals surface area contributed by atoms with Crippen molar-refractivity contribution >= 4 is 29.9 Å². The molecule has 1 heterocycles. The van der Waals surface area contributed by atoms with Crippen molar-refractivity contribution < 1.29 is 14.3 Å². The standard InChI is InChI=1S/C20H31N3O3.ClH/c1-5-26-18-9-8-15(20(25)23(3)4)12-17(18)22-19(24)11-14(2)16-7-6-10-21-13-16;/h8-9,12,14,16,21H,5-7,10-11,13H2,1-4H3,(H,22,24);1H. The van der Waals surface area contributed by atoms with Crippen molar-refractivity contribution in [3.8, 4) is 5.75 Å². The van der Waals surface area contributed by atoms with Crippen LogP contribution in [0.15, 0.2) is 18.2 Å². The van der Waals surface area contributed by atoms with E-state index >= 15 is 0 Å². The molecule has 0 spiro atoms. The molecule has 2 rings (SSSR count). The summed E-state index contributed by atoms with van der Waals surface area (Å²) in [4.78, 5) is 26.3. The van der Waals surface area contributed by atoms with Crippen molar-refractivity contribution in [3.05, 3.63) is 23.8 Å². The molecule has 2 unspecified atom stereocenters. The molecule has 0 saturated carbocycles. The molecule has 1 aliphatic heterocycles. The minimum Gasteiger partial charge on any atom is -0.492 e. The first kappa shape index (κ1) is 23.2. The number of hydrogen-bond acceptors (Lipinski definition) is 4. The van der Waals surface area contributed by atoms with Gasteiger partial charge in [0.1, 0.15) is 5.75 Å². The molecule has 1 aromatic carbocycles. The second kappa shape index (κ2) is 11.1. The first-order valence-corrected chi connectivity index (χ1v) is 9.41. The summed E-state index contributed by atoms with van der Waals surface area (Å²) in [6.07, 6.45) is 2.79. The average Bonchev–Trinajstić information content (AvgIpc) is 2.63. The summed E-state index contributed by atoms with van der Waals surface area (Å²) in [5, 5.41) is 6.35. The zero-order valence-corrected chi connectivity index (χ0v) is 17.5. The Morgan fingerprint density at radius 1 is 1.37 bits per heavy atom. The quantitative estimate of drug-likeness (QED) is 0.741. The van der Waals surface area contributed by atoms with E-state index in [1.54, 1.807) is 32.3 Å². The summed E-state index contributed by atoms with van der Waals surface area (Å²) < 4.78 is 5.60. The number of hydrogen-bond donors (Lipinski definition) is 2. The minimum absolute atomic E-state index is 0. The predicted molar refractivity (Wildman–Crippen MR) is 111 cm³/mol. The molecule has 1 saturated heterocycles. The van der Waals surface area contributed by atoms with Crippen LogP contribution < -0.4 is 15.4 Å². The number of carbonyl (C=O) groups is 2. The van der Waals surface area contributed by atoms with E-state index in [1.807, 2.05) is 6.92 Å². The highest BCUT2D eigenvalue weighted by molar-refractivity contribution is 5.98. The van der Waals surface area contributed by atoms with Crippen LogP contribution in [0.3, 0.4) is 0 Å². The second-order valence-electron chi connectivity index (χ2n) is 7.18. The highest BCUT2D eigenvalue weighted by Gasteiger charge is 2.22. The maximum Gasteiger partial charge on any atom is 0.253 e. The molecule has 0 radical (unpaired) electrons. The summed E-state index contributed by atoms with van der Waals surface area (Å²) >= 11 is 0. The van der Waals surface area contributed by atoms with Gasteiger partial charge in [-0.05, 0) is 62.9 Å². The molecule has 0 aliphatic carbocycles. The topological polar surface area (TPSA) is 70.7 Å². The number of nitrogens with zero attached hydrogens (tertiary/aromatic N) is 1. The number of amides is 2. The van der Waals surface area contributed by atoms with Crippen LogP contribution in [0.1, 0.15) is 43.5 Å². The Morgan fingerprint density at radius 3 is 2.70 bits per heavy atom. The van der Waals surface area contributed by atoms with Gasteiger partial charge in [-0.15, -0.1) is 12.4 Å². The number of ether oxygens (including phenoxy) is 1. The lowest BCUT2D eigenvalue weighted by atomic mass is 9.85. The lowest BCUT2D eigenvalue weighted by Gasteiger charge is -2.28. The molecular weight excluding hydrogens is 366 g/mol. The summed E-state index contributed by atoms with van der Waals surface area (Å²) in [5.41, 5.74) is 1.08. The van der Waals surface area contributed by atoms with Crippen molar-refractivity contribution in [3.63, 3.8) is 0 Å². The lowest BCUT2D eigenvalue weighted by molar-refractivity contribution is -0.117. The van der Waals surface area contributed by atoms with Gasteiger partial charge >= 0.3 is 0 Å². The normalized spacial score (nSPS) is 17.4. The highest BCUT2D eigenvalue weighted by Crippen LogP contribution is 2.28. The van der Waals surface area contributed by atoms with E-state index in [0.29, 0.717) is 41.9 Å². The number of carbonyl (C=O) groups excluding carboxylic acids is 2. The van der Waals surface area contributed by atoms with Gasteiger partial charge < -0.3 is 20.3 Å². The smallest absolute Gasteiger partial charge is 0.253 e.